The molecule has 4 amide bonds. The number of amides is 4. The highest BCUT2D eigenvalue weighted by Gasteiger charge is 2.73. The Hall–Kier alpha value is -5.49. The number of nitro benzene ring substituents is 1. The van der Waals surface area contributed by atoms with Crippen molar-refractivity contribution in [1.29, 1.82) is 0 Å². The van der Waals surface area contributed by atoms with E-state index in [-0.39, 0.29) is 51.0 Å². The molecule has 0 saturated heterocycles. The lowest BCUT2D eigenvalue weighted by Crippen LogP contribution is -2.55. The van der Waals surface area contributed by atoms with Crippen LogP contribution < -0.4 is 9.80 Å². The van der Waals surface area contributed by atoms with Crippen LogP contribution in [0.1, 0.15) is 58.1 Å². The molecule has 0 unspecified atom stereocenters. The van der Waals surface area contributed by atoms with Gasteiger partial charge in [-0.05, 0) is 65.7 Å². The lowest BCUT2D eigenvalue weighted by Gasteiger charge is -2.38. The number of anilines is 2. The van der Waals surface area contributed by atoms with Crippen LogP contribution in [0.2, 0.25) is 10.0 Å². The zero-order chi connectivity index (χ0) is 38.5. The van der Waals surface area contributed by atoms with E-state index in [2.05, 4.69) is 0 Å². The molecule has 268 valence electrons. The molecule has 0 bridgehead atoms. The predicted molar refractivity (Wildman–Crippen MR) is 163 cm³/mol. The third kappa shape index (κ3) is 5.26. The second kappa shape index (κ2) is 11.8. The Morgan fingerprint density at radius 2 is 0.962 bits per heavy atom. The van der Waals surface area contributed by atoms with Crippen molar-refractivity contribution < 1.29 is 63.6 Å². The molecule has 6 rings (SSSR count). The van der Waals surface area contributed by atoms with E-state index in [0.717, 1.165) is 12.1 Å². The second-order valence-corrected chi connectivity index (χ2v) is 12.1. The van der Waals surface area contributed by atoms with E-state index in [1.807, 2.05) is 0 Å². The Bertz CT molecular complexity index is 2280. The number of rotatable bonds is 5. The average molecular weight is 776 g/mol. The molecule has 0 radical (unpaired) electrons. The van der Waals surface area contributed by atoms with Crippen LogP contribution in [-0.4, -0.2) is 40.9 Å². The third-order valence-corrected chi connectivity index (χ3v) is 8.92. The Balaban J connectivity index is 1.51. The van der Waals surface area contributed by atoms with Gasteiger partial charge in [0, 0.05) is 11.1 Å². The highest BCUT2D eigenvalue weighted by atomic mass is 35.5. The van der Waals surface area contributed by atoms with Crippen molar-refractivity contribution >= 4 is 63.9 Å². The Morgan fingerprint density at radius 1 is 0.538 bits per heavy atom. The number of fused-ring (bicyclic) bond motifs is 2. The van der Waals surface area contributed by atoms with E-state index in [9.17, 15) is 42.5 Å². The zero-order valence-electron chi connectivity index (χ0n) is 24.9. The van der Waals surface area contributed by atoms with Gasteiger partial charge in [0.05, 0.1) is 43.5 Å². The van der Waals surface area contributed by atoms with Gasteiger partial charge in [-0.2, -0.15) is 39.5 Å². The first-order valence-corrected chi connectivity index (χ1v) is 14.8. The number of nitro groups is 1. The van der Waals surface area contributed by atoms with E-state index >= 15 is 26.3 Å². The largest absolute Gasteiger partial charge is 0.416 e. The topological polar surface area (TPSA) is 118 Å². The van der Waals surface area contributed by atoms with Crippen LogP contribution in [0, 0.1) is 10.1 Å². The summed E-state index contributed by atoms with van der Waals surface area (Å²) in [6.45, 7) is 0. The molecule has 4 aromatic carbocycles. The molecule has 9 nitrogen and oxygen atoms in total. The summed E-state index contributed by atoms with van der Waals surface area (Å²) in [6, 6.07) is 5.89. The Labute approximate surface area is 292 Å². The number of hydrogen-bond acceptors (Lipinski definition) is 6. The molecule has 52 heavy (non-hydrogen) atoms. The number of carbonyl (C=O) groups is 4. The molecule has 2 aliphatic heterocycles. The fraction of sp³-hybridized carbons (Fsp3) is 0.125. The number of alkyl halides is 9. The number of imide groups is 2. The van der Waals surface area contributed by atoms with Crippen molar-refractivity contribution in [2.75, 3.05) is 9.80 Å². The van der Waals surface area contributed by atoms with Crippen molar-refractivity contribution in [3.8, 4) is 0 Å². The van der Waals surface area contributed by atoms with Gasteiger partial charge in [0.25, 0.3) is 29.3 Å². The number of nitrogens with zero attached hydrogens (tertiary/aromatic N) is 3. The first kappa shape index (κ1) is 36.3. The molecular formula is C32H12Cl2F9N3O6. The predicted octanol–water partition coefficient (Wildman–Crippen LogP) is 8.93. The molecule has 0 N–H and O–H groups in total. The summed E-state index contributed by atoms with van der Waals surface area (Å²) >= 11 is 11.9. The zero-order valence-corrected chi connectivity index (χ0v) is 26.4. The molecule has 20 heteroatoms. The van der Waals surface area contributed by atoms with Crippen molar-refractivity contribution in [3.63, 3.8) is 0 Å². The van der Waals surface area contributed by atoms with Gasteiger partial charge >= 0.3 is 18.5 Å². The van der Waals surface area contributed by atoms with Gasteiger partial charge in [0.15, 0.2) is 0 Å². The molecule has 0 spiro atoms. The van der Waals surface area contributed by atoms with Crippen molar-refractivity contribution in [2.24, 2.45) is 0 Å². The van der Waals surface area contributed by atoms with Gasteiger partial charge in [-0.15, -0.1) is 0 Å². The minimum absolute atomic E-state index is 0.00939. The highest BCUT2D eigenvalue weighted by Crippen LogP contribution is 2.57. The molecular weight excluding hydrogens is 764 g/mol. The fourth-order valence-electron chi connectivity index (χ4n) is 6.07. The van der Waals surface area contributed by atoms with Crippen molar-refractivity contribution in [3.05, 3.63) is 132 Å². The van der Waals surface area contributed by atoms with E-state index in [0.29, 0.717) is 29.2 Å². The minimum Gasteiger partial charge on any atom is -0.268 e. The van der Waals surface area contributed by atoms with Crippen LogP contribution in [0.5, 0.6) is 0 Å². The Kier molecular flexibility index (Phi) is 8.22. The maximum atomic E-state index is 15.1. The lowest BCUT2D eigenvalue weighted by atomic mass is 9.71. The van der Waals surface area contributed by atoms with Gasteiger partial charge in [-0.1, -0.05) is 35.3 Å². The van der Waals surface area contributed by atoms with Crippen LogP contribution in [-0.2, 0) is 11.6 Å². The number of benzene rings is 4. The molecule has 2 heterocycles. The summed E-state index contributed by atoms with van der Waals surface area (Å²) < 4.78 is 130. The summed E-state index contributed by atoms with van der Waals surface area (Å²) in [5.74, 6) is -5.66. The number of halogens is 11. The van der Waals surface area contributed by atoms with Gasteiger partial charge in [-0.3, -0.25) is 29.3 Å². The van der Waals surface area contributed by atoms with E-state index in [1.54, 1.807) is 0 Å². The SMILES string of the molecule is O=C1c2ccc(C(c3ccc4c(c3)C(=O)N(c3ccc(C(F)(F)F)cc3[N+](=O)[O-])C4=O)(C(F)(F)F)C(F)(F)F)cc2C(=O)N1c1ccc(Cl)cc1Cl. The summed E-state index contributed by atoms with van der Waals surface area (Å²) in [6.07, 6.45) is -17.7. The summed E-state index contributed by atoms with van der Waals surface area (Å²) in [5.41, 5.74) is -16.1. The normalized spacial score (nSPS) is 15.1. The quantitative estimate of drug-likeness (QED) is 0.0865. The van der Waals surface area contributed by atoms with Crippen LogP contribution in [0.4, 0.5) is 56.6 Å². The summed E-state index contributed by atoms with van der Waals surface area (Å²) in [4.78, 5) is 63.8. The van der Waals surface area contributed by atoms with Gasteiger partial charge in [-0.25, -0.2) is 9.80 Å². The smallest absolute Gasteiger partial charge is 0.268 e. The van der Waals surface area contributed by atoms with Gasteiger partial charge in [0.2, 0.25) is 5.41 Å². The molecule has 0 aromatic heterocycles. The van der Waals surface area contributed by atoms with E-state index < -0.39 is 103 Å². The average Bonchev–Trinajstić information content (AvgIpc) is 3.42. The van der Waals surface area contributed by atoms with E-state index in [4.69, 9.17) is 23.2 Å². The maximum Gasteiger partial charge on any atom is 0.416 e. The number of hydrogen-bond donors (Lipinski definition) is 0. The number of carbonyl (C=O) groups excluding carboxylic acids is 4. The lowest BCUT2D eigenvalue weighted by molar-refractivity contribution is -0.384. The van der Waals surface area contributed by atoms with Crippen LogP contribution in [0.3, 0.4) is 0 Å². The van der Waals surface area contributed by atoms with Crippen molar-refractivity contribution in [1.82, 2.24) is 0 Å². The summed E-state index contributed by atoms with van der Waals surface area (Å²) in [7, 11) is 0. The second-order valence-electron chi connectivity index (χ2n) is 11.2. The molecule has 4 aromatic rings. The first-order chi connectivity index (χ1) is 24.0. The third-order valence-electron chi connectivity index (χ3n) is 8.38. The Morgan fingerprint density at radius 3 is 1.38 bits per heavy atom. The molecule has 0 saturated carbocycles. The molecule has 0 atom stereocenters. The van der Waals surface area contributed by atoms with Crippen LogP contribution in [0.15, 0.2) is 72.8 Å². The first-order valence-electron chi connectivity index (χ1n) is 14.0. The molecule has 2 aliphatic rings. The van der Waals surface area contributed by atoms with Crippen molar-refractivity contribution in [2.45, 2.75) is 23.9 Å². The van der Waals surface area contributed by atoms with Crippen LogP contribution >= 0.6 is 23.2 Å². The minimum atomic E-state index is -6.31. The van der Waals surface area contributed by atoms with Gasteiger partial charge in [0.1, 0.15) is 5.69 Å². The fourth-order valence-corrected chi connectivity index (χ4v) is 6.56. The standard InChI is InChI=1S/C32H12Cl2F9N3O6/c33-16-4-8-22(21(34)12-16)44-25(47)17-5-1-13(9-19(17)27(44)49)29(31(38,39)40,32(41,42)43)14-2-6-18-20(10-14)28(50)45(26(18)48)23-7-3-15(30(35,36)37)11-24(23)46(51)52/h1-12H. The van der Waals surface area contributed by atoms with E-state index in [1.165, 1.54) is 6.07 Å². The van der Waals surface area contributed by atoms with Gasteiger partial charge < -0.3 is 0 Å². The molecule has 0 fully saturated rings. The molecule has 0 aliphatic carbocycles. The maximum absolute atomic E-state index is 15.1. The summed E-state index contributed by atoms with van der Waals surface area (Å²) in [5, 5.41) is 11.5. The monoisotopic (exact) mass is 775 g/mol. The van der Waals surface area contributed by atoms with Crippen LogP contribution in [0.25, 0.3) is 0 Å². The highest BCUT2D eigenvalue weighted by molar-refractivity contribution is 6.41.